The first kappa shape index (κ1) is 16.3. The minimum absolute atomic E-state index is 0.00813. The van der Waals surface area contributed by atoms with E-state index >= 15 is 0 Å². The van der Waals surface area contributed by atoms with Crippen molar-refractivity contribution in [2.45, 2.75) is 30.9 Å². The van der Waals surface area contributed by atoms with Crippen LogP contribution >= 0.6 is 0 Å². The maximum Gasteiger partial charge on any atom is 0.246 e. The zero-order valence-electron chi connectivity index (χ0n) is 11.6. The Morgan fingerprint density at radius 1 is 1.43 bits per heavy atom. The SMILES string of the molecule is CCC1COCCN1S(=O)(=O)c1cc(CO)cc(F)c1F. The van der Waals surface area contributed by atoms with Crippen LogP contribution in [0.25, 0.3) is 0 Å². The number of sulfonamides is 1. The van der Waals surface area contributed by atoms with E-state index in [1.165, 1.54) is 0 Å². The fourth-order valence-corrected chi connectivity index (χ4v) is 4.09. The van der Waals surface area contributed by atoms with Gasteiger partial charge in [0, 0.05) is 12.6 Å². The van der Waals surface area contributed by atoms with Crippen LogP contribution in [0, 0.1) is 11.6 Å². The molecule has 1 aliphatic rings. The number of aliphatic hydroxyl groups excluding tert-OH is 1. The summed E-state index contributed by atoms with van der Waals surface area (Å²) in [6, 6.07) is 1.34. The van der Waals surface area contributed by atoms with Crippen LogP contribution in [0.1, 0.15) is 18.9 Å². The second-order valence-corrected chi connectivity index (χ2v) is 6.66. The van der Waals surface area contributed by atoms with Crippen molar-refractivity contribution in [2.24, 2.45) is 0 Å². The van der Waals surface area contributed by atoms with Crippen molar-refractivity contribution in [3.63, 3.8) is 0 Å². The van der Waals surface area contributed by atoms with Crippen LogP contribution in [0.4, 0.5) is 8.78 Å². The Morgan fingerprint density at radius 2 is 2.14 bits per heavy atom. The van der Waals surface area contributed by atoms with Crippen LogP contribution in [0.5, 0.6) is 0 Å². The lowest BCUT2D eigenvalue weighted by Crippen LogP contribution is -2.48. The van der Waals surface area contributed by atoms with Crippen molar-refractivity contribution in [3.05, 3.63) is 29.3 Å². The third-order valence-corrected chi connectivity index (χ3v) is 5.42. The molecule has 8 heteroatoms. The summed E-state index contributed by atoms with van der Waals surface area (Å²) in [5, 5.41) is 9.03. The van der Waals surface area contributed by atoms with Crippen LogP contribution in [-0.4, -0.2) is 43.6 Å². The highest BCUT2D eigenvalue weighted by atomic mass is 32.2. The molecular weight excluding hydrogens is 304 g/mol. The van der Waals surface area contributed by atoms with Crippen molar-refractivity contribution in [1.82, 2.24) is 4.31 Å². The Bertz CT molecular complexity index is 621. The second-order valence-electron chi connectivity index (χ2n) is 4.80. The molecule has 0 radical (unpaired) electrons. The van der Waals surface area contributed by atoms with Gasteiger partial charge in [-0.25, -0.2) is 17.2 Å². The van der Waals surface area contributed by atoms with E-state index in [-0.39, 0.29) is 25.3 Å². The Morgan fingerprint density at radius 3 is 2.76 bits per heavy atom. The molecule has 1 unspecified atom stereocenters. The van der Waals surface area contributed by atoms with Crippen molar-refractivity contribution >= 4 is 10.0 Å². The summed E-state index contributed by atoms with van der Waals surface area (Å²) in [6.45, 7) is 1.74. The average molecular weight is 321 g/mol. The maximum absolute atomic E-state index is 13.9. The summed E-state index contributed by atoms with van der Waals surface area (Å²) in [7, 11) is -4.18. The minimum atomic E-state index is -4.18. The van der Waals surface area contributed by atoms with E-state index in [2.05, 4.69) is 0 Å². The van der Waals surface area contributed by atoms with Gasteiger partial charge in [-0.05, 0) is 24.1 Å². The van der Waals surface area contributed by atoms with Gasteiger partial charge in [0.25, 0.3) is 0 Å². The van der Waals surface area contributed by atoms with Crippen LogP contribution in [0.2, 0.25) is 0 Å². The molecule has 1 N–H and O–H groups in total. The first-order valence-electron chi connectivity index (χ1n) is 6.60. The van der Waals surface area contributed by atoms with E-state index in [0.717, 1.165) is 16.4 Å². The lowest BCUT2D eigenvalue weighted by Gasteiger charge is -2.34. The predicted octanol–water partition coefficient (Wildman–Crippen LogP) is 1.26. The third-order valence-electron chi connectivity index (χ3n) is 3.47. The van der Waals surface area contributed by atoms with E-state index < -0.39 is 39.2 Å². The zero-order chi connectivity index (χ0) is 15.6. The van der Waals surface area contributed by atoms with Gasteiger partial charge in [-0.1, -0.05) is 6.92 Å². The third kappa shape index (κ3) is 3.08. The summed E-state index contributed by atoms with van der Waals surface area (Å²) >= 11 is 0. The number of hydrogen-bond donors (Lipinski definition) is 1. The van der Waals surface area contributed by atoms with Crippen LogP contribution in [-0.2, 0) is 21.4 Å². The molecule has 1 atom stereocenters. The van der Waals surface area contributed by atoms with Crippen molar-refractivity contribution in [3.8, 4) is 0 Å². The fourth-order valence-electron chi connectivity index (χ4n) is 2.30. The van der Waals surface area contributed by atoms with Gasteiger partial charge in [-0.2, -0.15) is 4.31 Å². The first-order valence-corrected chi connectivity index (χ1v) is 8.04. The normalized spacial score (nSPS) is 20.7. The molecule has 1 heterocycles. The van der Waals surface area contributed by atoms with Crippen LogP contribution in [0.15, 0.2) is 17.0 Å². The Labute approximate surface area is 122 Å². The average Bonchev–Trinajstić information content (AvgIpc) is 2.49. The second kappa shape index (κ2) is 6.35. The van der Waals surface area contributed by atoms with E-state index in [1.54, 1.807) is 6.92 Å². The van der Waals surface area contributed by atoms with Gasteiger partial charge in [0.05, 0.1) is 19.8 Å². The molecule has 1 fully saturated rings. The molecule has 1 aromatic carbocycles. The molecule has 1 aromatic rings. The summed E-state index contributed by atoms with van der Waals surface area (Å²) in [5.41, 5.74) is 0.00813. The number of benzene rings is 1. The monoisotopic (exact) mass is 321 g/mol. The fraction of sp³-hybridized carbons (Fsp3) is 0.538. The molecule has 0 bridgehead atoms. The Kier molecular flexibility index (Phi) is 4.92. The van der Waals surface area contributed by atoms with Crippen LogP contribution < -0.4 is 0 Å². The minimum Gasteiger partial charge on any atom is -0.392 e. The molecule has 21 heavy (non-hydrogen) atoms. The first-order chi connectivity index (χ1) is 9.91. The van der Waals surface area contributed by atoms with Crippen molar-refractivity contribution in [1.29, 1.82) is 0 Å². The number of halogens is 2. The molecule has 1 aliphatic heterocycles. The molecular formula is C13H17F2NO4S. The summed E-state index contributed by atoms with van der Waals surface area (Å²) in [4.78, 5) is -0.744. The molecule has 0 saturated carbocycles. The van der Waals surface area contributed by atoms with Gasteiger partial charge in [0.15, 0.2) is 11.6 Å². The maximum atomic E-state index is 13.9. The number of morpholine rings is 1. The Hall–Kier alpha value is -1.09. The smallest absolute Gasteiger partial charge is 0.246 e. The van der Waals surface area contributed by atoms with Gasteiger partial charge >= 0.3 is 0 Å². The highest BCUT2D eigenvalue weighted by Crippen LogP contribution is 2.26. The number of hydrogen-bond acceptors (Lipinski definition) is 4. The highest BCUT2D eigenvalue weighted by Gasteiger charge is 2.35. The van der Waals surface area contributed by atoms with Gasteiger partial charge in [0.1, 0.15) is 4.90 Å². The topological polar surface area (TPSA) is 66.8 Å². The molecule has 0 spiro atoms. The Balaban J connectivity index is 2.50. The summed E-state index contributed by atoms with van der Waals surface area (Å²) < 4.78 is 58.9. The lowest BCUT2D eigenvalue weighted by molar-refractivity contribution is 0.0313. The number of rotatable bonds is 4. The van der Waals surface area contributed by atoms with Crippen LogP contribution in [0.3, 0.4) is 0 Å². The molecule has 0 amide bonds. The zero-order valence-corrected chi connectivity index (χ0v) is 12.4. The quantitative estimate of drug-likeness (QED) is 0.906. The lowest BCUT2D eigenvalue weighted by atomic mass is 10.2. The highest BCUT2D eigenvalue weighted by molar-refractivity contribution is 7.89. The number of nitrogens with zero attached hydrogens (tertiary/aromatic N) is 1. The van der Waals surface area contributed by atoms with E-state index in [1.807, 2.05) is 0 Å². The molecule has 118 valence electrons. The van der Waals surface area contributed by atoms with Gasteiger partial charge in [-0.3, -0.25) is 0 Å². The van der Waals surface area contributed by atoms with Crippen molar-refractivity contribution in [2.75, 3.05) is 19.8 Å². The largest absolute Gasteiger partial charge is 0.392 e. The number of aliphatic hydroxyl groups is 1. The summed E-state index contributed by atoms with van der Waals surface area (Å²) in [5.74, 6) is -2.71. The van der Waals surface area contributed by atoms with Gasteiger partial charge < -0.3 is 9.84 Å². The standard InChI is InChI=1S/C13H17F2NO4S/c1-2-10-8-20-4-3-16(10)21(18,19)12-6-9(7-17)5-11(14)13(12)15/h5-6,10,17H,2-4,7-8H2,1H3. The number of ether oxygens (including phenoxy) is 1. The molecule has 0 aromatic heterocycles. The van der Waals surface area contributed by atoms with Crippen molar-refractivity contribution < 1.29 is 27.0 Å². The summed E-state index contributed by atoms with van der Waals surface area (Å²) in [6.07, 6.45) is 0.503. The molecule has 0 aliphatic carbocycles. The molecule has 5 nitrogen and oxygen atoms in total. The molecule has 1 saturated heterocycles. The van der Waals surface area contributed by atoms with Gasteiger partial charge in [-0.15, -0.1) is 0 Å². The van der Waals surface area contributed by atoms with Gasteiger partial charge in [0.2, 0.25) is 10.0 Å². The van der Waals surface area contributed by atoms with E-state index in [4.69, 9.17) is 9.84 Å². The molecule has 2 rings (SSSR count). The predicted molar refractivity (Wildman–Crippen MR) is 71.1 cm³/mol. The van der Waals surface area contributed by atoms with E-state index in [0.29, 0.717) is 6.42 Å². The van der Waals surface area contributed by atoms with E-state index in [9.17, 15) is 17.2 Å².